The highest BCUT2D eigenvalue weighted by Gasteiger charge is 2.21. The number of nitrogens with zero attached hydrogens (tertiary/aromatic N) is 5. The minimum atomic E-state index is 0.0184. The summed E-state index contributed by atoms with van der Waals surface area (Å²) in [4.78, 5) is 19.2. The molecule has 1 aromatic carbocycles. The Balaban J connectivity index is 1.36. The number of aromatic nitrogens is 2. The van der Waals surface area contributed by atoms with Crippen LogP contribution in [0.2, 0.25) is 0 Å². The molecule has 6 nitrogen and oxygen atoms in total. The predicted molar refractivity (Wildman–Crippen MR) is 107 cm³/mol. The molecule has 1 amide bonds. The molecule has 4 rings (SSSR count). The van der Waals surface area contributed by atoms with Crippen molar-refractivity contribution in [2.24, 2.45) is 0 Å². The maximum absolute atomic E-state index is 12.6. The van der Waals surface area contributed by atoms with Crippen LogP contribution in [0.25, 0.3) is 0 Å². The molecule has 0 bridgehead atoms. The van der Waals surface area contributed by atoms with Gasteiger partial charge in [0.25, 0.3) is 5.91 Å². The summed E-state index contributed by atoms with van der Waals surface area (Å²) in [5.41, 5.74) is 1.73. The van der Waals surface area contributed by atoms with Gasteiger partial charge in [-0.25, -0.2) is 0 Å². The van der Waals surface area contributed by atoms with Crippen LogP contribution >= 0.6 is 0 Å². The van der Waals surface area contributed by atoms with Crippen LogP contribution in [0.15, 0.2) is 42.5 Å². The summed E-state index contributed by atoms with van der Waals surface area (Å²) in [6, 6.07) is 14.3. The second-order valence-corrected chi connectivity index (χ2v) is 7.29. The molecule has 0 unspecified atom stereocenters. The second-order valence-electron chi connectivity index (χ2n) is 7.29. The van der Waals surface area contributed by atoms with Gasteiger partial charge in [0.05, 0.1) is 0 Å². The Bertz CT molecular complexity index is 733. The van der Waals surface area contributed by atoms with Crippen molar-refractivity contribution in [3.63, 3.8) is 0 Å². The summed E-state index contributed by atoms with van der Waals surface area (Å²) < 4.78 is 0. The largest absolute Gasteiger partial charge is 0.368 e. The maximum Gasteiger partial charge on any atom is 0.274 e. The van der Waals surface area contributed by atoms with Crippen molar-refractivity contribution < 1.29 is 4.79 Å². The molecule has 1 aromatic heterocycles. The van der Waals surface area contributed by atoms with E-state index in [9.17, 15) is 4.79 Å². The third kappa shape index (κ3) is 4.21. The van der Waals surface area contributed by atoms with E-state index in [2.05, 4.69) is 44.3 Å². The minimum Gasteiger partial charge on any atom is -0.368 e. The van der Waals surface area contributed by atoms with Crippen LogP contribution in [-0.2, 0) is 0 Å². The van der Waals surface area contributed by atoms with Crippen molar-refractivity contribution in [2.75, 3.05) is 49.1 Å². The highest BCUT2D eigenvalue weighted by molar-refractivity contribution is 5.92. The Kier molecular flexibility index (Phi) is 5.51. The fourth-order valence-electron chi connectivity index (χ4n) is 3.88. The third-order valence-electron chi connectivity index (χ3n) is 5.49. The normalized spacial score (nSPS) is 18.3. The Morgan fingerprint density at radius 2 is 1.37 bits per heavy atom. The van der Waals surface area contributed by atoms with Gasteiger partial charge >= 0.3 is 0 Å². The van der Waals surface area contributed by atoms with Gasteiger partial charge < -0.3 is 14.7 Å². The van der Waals surface area contributed by atoms with Gasteiger partial charge in [-0.15, -0.1) is 10.2 Å². The summed E-state index contributed by atoms with van der Waals surface area (Å²) in [5, 5.41) is 8.59. The first-order valence-electron chi connectivity index (χ1n) is 9.99. The SMILES string of the molecule is O=C(c1ccc(N2CCN(c3ccccc3)CC2)nn1)N1CCCCCC1. The maximum atomic E-state index is 12.6. The number of hydrogen-bond donors (Lipinski definition) is 0. The van der Waals surface area contributed by atoms with Gasteiger partial charge in [0.1, 0.15) is 0 Å². The van der Waals surface area contributed by atoms with E-state index < -0.39 is 0 Å². The average molecular weight is 365 g/mol. The molecule has 3 heterocycles. The van der Waals surface area contributed by atoms with Gasteiger partial charge in [-0.1, -0.05) is 31.0 Å². The molecule has 2 aliphatic heterocycles. The topological polar surface area (TPSA) is 52.6 Å². The average Bonchev–Trinajstić information content (AvgIpc) is 3.04. The molecular weight excluding hydrogens is 338 g/mol. The quantitative estimate of drug-likeness (QED) is 0.837. The standard InChI is InChI=1S/C21H27N5O/c27-21(26-12-6-1-2-7-13-26)19-10-11-20(23-22-19)25-16-14-24(15-17-25)18-8-4-3-5-9-18/h3-5,8-11H,1-2,6-7,12-17H2. The van der Waals surface area contributed by atoms with Crippen molar-refractivity contribution in [3.05, 3.63) is 48.2 Å². The fraction of sp³-hybridized carbons (Fsp3) is 0.476. The van der Waals surface area contributed by atoms with Crippen molar-refractivity contribution in [2.45, 2.75) is 25.7 Å². The molecule has 2 saturated heterocycles. The van der Waals surface area contributed by atoms with E-state index in [-0.39, 0.29) is 5.91 Å². The van der Waals surface area contributed by atoms with Crippen molar-refractivity contribution in [3.8, 4) is 0 Å². The van der Waals surface area contributed by atoms with Crippen LogP contribution in [0.1, 0.15) is 36.2 Å². The summed E-state index contributed by atoms with van der Waals surface area (Å²) in [6.45, 7) is 5.40. The number of anilines is 2. The van der Waals surface area contributed by atoms with Gasteiger partial charge in [0.2, 0.25) is 0 Å². The molecule has 0 saturated carbocycles. The Hall–Kier alpha value is -2.63. The van der Waals surface area contributed by atoms with Gasteiger partial charge in [-0.2, -0.15) is 0 Å². The lowest BCUT2D eigenvalue weighted by molar-refractivity contribution is 0.0754. The number of hydrogen-bond acceptors (Lipinski definition) is 5. The molecule has 142 valence electrons. The second kappa shape index (κ2) is 8.37. The molecule has 2 aliphatic rings. The van der Waals surface area contributed by atoms with E-state index >= 15 is 0 Å². The lowest BCUT2D eigenvalue weighted by atomic mass is 10.2. The lowest BCUT2D eigenvalue weighted by Gasteiger charge is -2.36. The lowest BCUT2D eigenvalue weighted by Crippen LogP contribution is -2.47. The molecule has 0 aliphatic carbocycles. The first kappa shape index (κ1) is 17.8. The monoisotopic (exact) mass is 365 g/mol. The Morgan fingerprint density at radius 1 is 0.704 bits per heavy atom. The highest BCUT2D eigenvalue weighted by Crippen LogP contribution is 2.19. The molecule has 0 radical (unpaired) electrons. The van der Waals surface area contributed by atoms with Gasteiger partial charge in [-0.3, -0.25) is 4.79 Å². The molecule has 0 spiro atoms. The third-order valence-corrected chi connectivity index (χ3v) is 5.49. The number of likely N-dealkylation sites (tertiary alicyclic amines) is 1. The van der Waals surface area contributed by atoms with E-state index in [0.717, 1.165) is 57.9 Å². The zero-order valence-electron chi connectivity index (χ0n) is 15.8. The fourth-order valence-corrected chi connectivity index (χ4v) is 3.88. The summed E-state index contributed by atoms with van der Waals surface area (Å²) in [7, 11) is 0. The summed E-state index contributed by atoms with van der Waals surface area (Å²) in [6.07, 6.45) is 4.60. The first-order chi connectivity index (χ1) is 13.3. The van der Waals surface area contributed by atoms with Crippen LogP contribution in [-0.4, -0.2) is 60.3 Å². The van der Waals surface area contributed by atoms with E-state index in [1.807, 2.05) is 23.1 Å². The van der Waals surface area contributed by atoms with Crippen molar-refractivity contribution in [1.82, 2.24) is 15.1 Å². The molecule has 0 atom stereocenters. The zero-order valence-corrected chi connectivity index (χ0v) is 15.8. The predicted octanol–water partition coefficient (Wildman–Crippen LogP) is 2.82. The van der Waals surface area contributed by atoms with E-state index in [1.54, 1.807) is 0 Å². The van der Waals surface area contributed by atoms with E-state index in [4.69, 9.17) is 0 Å². The zero-order chi connectivity index (χ0) is 18.5. The van der Waals surface area contributed by atoms with Crippen LogP contribution in [0.3, 0.4) is 0 Å². The molecular formula is C21H27N5O. The van der Waals surface area contributed by atoms with Crippen LogP contribution in [0.5, 0.6) is 0 Å². The van der Waals surface area contributed by atoms with Gasteiger partial charge in [0.15, 0.2) is 11.5 Å². The molecule has 2 aromatic rings. The number of carbonyl (C=O) groups excluding carboxylic acids is 1. The number of carbonyl (C=O) groups is 1. The van der Waals surface area contributed by atoms with Crippen molar-refractivity contribution >= 4 is 17.4 Å². The van der Waals surface area contributed by atoms with E-state index in [1.165, 1.54) is 18.5 Å². The highest BCUT2D eigenvalue weighted by atomic mass is 16.2. The number of piperazine rings is 1. The number of benzene rings is 1. The number of rotatable bonds is 3. The smallest absolute Gasteiger partial charge is 0.274 e. The number of amides is 1. The van der Waals surface area contributed by atoms with E-state index in [0.29, 0.717) is 5.69 Å². The molecule has 0 N–H and O–H groups in total. The van der Waals surface area contributed by atoms with Crippen LogP contribution in [0.4, 0.5) is 11.5 Å². The van der Waals surface area contributed by atoms with Gasteiger partial charge in [0, 0.05) is 45.0 Å². The molecule has 2 fully saturated rings. The van der Waals surface area contributed by atoms with Crippen LogP contribution in [0, 0.1) is 0 Å². The number of para-hydroxylation sites is 1. The summed E-state index contributed by atoms with van der Waals surface area (Å²) >= 11 is 0. The van der Waals surface area contributed by atoms with Crippen molar-refractivity contribution in [1.29, 1.82) is 0 Å². The Labute approximate surface area is 160 Å². The van der Waals surface area contributed by atoms with Gasteiger partial charge in [-0.05, 0) is 37.1 Å². The first-order valence-corrected chi connectivity index (χ1v) is 9.99. The summed E-state index contributed by atoms with van der Waals surface area (Å²) in [5.74, 6) is 0.875. The van der Waals surface area contributed by atoms with Crippen LogP contribution < -0.4 is 9.80 Å². The minimum absolute atomic E-state index is 0.0184. The molecule has 27 heavy (non-hydrogen) atoms. The Morgan fingerprint density at radius 3 is 2.00 bits per heavy atom. The molecule has 6 heteroatoms.